The van der Waals surface area contributed by atoms with Crippen molar-refractivity contribution in [2.24, 2.45) is 12.2 Å². The van der Waals surface area contributed by atoms with E-state index >= 15 is 0 Å². The zero-order valence-corrected chi connectivity index (χ0v) is 19.5. The summed E-state index contributed by atoms with van der Waals surface area (Å²) in [7, 11) is -1.89. The number of nitrogens with one attached hydrogen (secondary N) is 1. The molecule has 0 amide bonds. The number of fused-ring (bicyclic) bond motifs is 1. The minimum atomic E-state index is -3.84. The topological polar surface area (TPSA) is 112 Å². The second kappa shape index (κ2) is 8.83. The van der Waals surface area contributed by atoms with Crippen LogP contribution in [0.5, 0.6) is 5.75 Å². The molecule has 0 aliphatic carbocycles. The molecule has 0 aliphatic heterocycles. The molecule has 4 aromatic rings. The minimum Gasteiger partial charge on any atom is -0.489 e. The second-order valence-electron chi connectivity index (χ2n) is 7.09. The van der Waals surface area contributed by atoms with Gasteiger partial charge in [0, 0.05) is 18.0 Å². The monoisotopic (exact) mass is 479 g/mol. The number of sulfonamides is 1. The van der Waals surface area contributed by atoms with Crippen LogP contribution in [-0.4, -0.2) is 29.1 Å². The highest BCUT2D eigenvalue weighted by Crippen LogP contribution is 2.34. The SMILES string of the molecule is CC(C)Oc1ccc(S(N)(=O)=O)cc1Nc1nc(-c2ccc3c(c2)ncn3C)cs1.Cl. The molecule has 0 aliphatic rings. The molecule has 2 heterocycles. The predicted octanol–water partition coefficient (Wildman–Crippen LogP) is 4.30. The third-order valence-electron chi connectivity index (χ3n) is 4.41. The lowest BCUT2D eigenvalue weighted by molar-refractivity contribution is 0.243. The van der Waals surface area contributed by atoms with Crippen LogP contribution in [0.25, 0.3) is 22.3 Å². The third kappa shape index (κ3) is 4.99. The summed E-state index contributed by atoms with van der Waals surface area (Å²) in [5.74, 6) is 0.518. The first-order chi connectivity index (χ1) is 14.2. The summed E-state index contributed by atoms with van der Waals surface area (Å²) in [5.41, 5.74) is 4.16. The Kier molecular flexibility index (Phi) is 6.56. The van der Waals surface area contributed by atoms with Crippen molar-refractivity contribution in [2.45, 2.75) is 24.8 Å². The van der Waals surface area contributed by atoms with E-state index in [-0.39, 0.29) is 23.4 Å². The smallest absolute Gasteiger partial charge is 0.238 e. The highest BCUT2D eigenvalue weighted by Gasteiger charge is 2.15. The first kappa shape index (κ1) is 23.0. The highest BCUT2D eigenvalue weighted by atomic mass is 35.5. The molecule has 3 N–H and O–H groups in total. The minimum absolute atomic E-state index is 0. The van der Waals surface area contributed by atoms with Crippen LogP contribution in [0.4, 0.5) is 10.8 Å². The number of rotatable bonds is 6. The summed E-state index contributed by atoms with van der Waals surface area (Å²) >= 11 is 1.41. The van der Waals surface area contributed by atoms with E-state index in [0.717, 1.165) is 22.3 Å². The van der Waals surface area contributed by atoms with Crippen molar-refractivity contribution in [3.05, 3.63) is 48.1 Å². The van der Waals surface area contributed by atoms with Crippen LogP contribution in [0, 0.1) is 0 Å². The Morgan fingerprint density at radius 1 is 1.19 bits per heavy atom. The molecule has 0 bridgehead atoms. The number of hydrogen-bond donors (Lipinski definition) is 2. The van der Waals surface area contributed by atoms with Crippen molar-refractivity contribution in [1.29, 1.82) is 0 Å². The van der Waals surface area contributed by atoms with Crippen LogP contribution in [0.1, 0.15) is 13.8 Å². The largest absolute Gasteiger partial charge is 0.489 e. The normalized spacial score (nSPS) is 11.5. The summed E-state index contributed by atoms with van der Waals surface area (Å²) in [6.07, 6.45) is 1.69. The van der Waals surface area contributed by atoms with E-state index < -0.39 is 10.0 Å². The Morgan fingerprint density at radius 3 is 2.68 bits per heavy atom. The Bertz CT molecular complexity index is 1330. The Morgan fingerprint density at radius 2 is 1.97 bits per heavy atom. The van der Waals surface area contributed by atoms with E-state index in [4.69, 9.17) is 9.88 Å². The van der Waals surface area contributed by atoms with Crippen molar-refractivity contribution < 1.29 is 13.2 Å². The lowest BCUT2D eigenvalue weighted by Gasteiger charge is -2.15. The number of halogens is 1. The van der Waals surface area contributed by atoms with E-state index in [1.165, 1.54) is 23.5 Å². The highest BCUT2D eigenvalue weighted by molar-refractivity contribution is 7.89. The zero-order valence-electron chi connectivity index (χ0n) is 17.1. The number of imidazole rings is 1. The molecule has 2 aromatic heterocycles. The fourth-order valence-corrected chi connectivity index (χ4v) is 4.29. The predicted molar refractivity (Wildman–Crippen MR) is 126 cm³/mol. The number of aromatic nitrogens is 3. The van der Waals surface area contributed by atoms with Gasteiger partial charge in [0.05, 0.1) is 39.7 Å². The van der Waals surface area contributed by atoms with Gasteiger partial charge < -0.3 is 14.6 Å². The number of thiazole rings is 1. The molecule has 0 saturated carbocycles. The summed E-state index contributed by atoms with van der Waals surface area (Å²) in [6, 6.07) is 10.5. The van der Waals surface area contributed by atoms with E-state index in [2.05, 4.69) is 15.3 Å². The van der Waals surface area contributed by atoms with Gasteiger partial charge in [0.15, 0.2) is 5.13 Å². The van der Waals surface area contributed by atoms with Gasteiger partial charge in [-0.15, -0.1) is 23.7 Å². The molecular weight excluding hydrogens is 458 g/mol. The van der Waals surface area contributed by atoms with Crippen LogP contribution in [0.15, 0.2) is 53.0 Å². The van der Waals surface area contributed by atoms with Gasteiger partial charge in [-0.3, -0.25) is 0 Å². The molecule has 0 radical (unpaired) electrons. The van der Waals surface area contributed by atoms with Crippen LogP contribution in [0.2, 0.25) is 0 Å². The first-order valence-corrected chi connectivity index (χ1v) is 11.6. The fraction of sp³-hybridized carbons (Fsp3) is 0.200. The van der Waals surface area contributed by atoms with E-state index in [9.17, 15) is 8.42 Å². The van der Waals surface area contributed by atoms with E-state index in [0.29, 0.717) is 16.6 Å². The number of nitrogens with two attached hydrogens (primary N) is 1. The standard InChI is InChI=1S/C20H21N5O3S2.ClH/c1-12(2)28-19-7-5-14(30(21,26)27)9-16(19)23-20-24-17(10-29-20)13-4-6-18-15(8-13)22-11-25(18)3;/h4-12H,1-3H3,(H,23,24)(H2,21,26,27);1H. The van der Waals surface area contributed by atoms with Gasteiger partial charge in [-0.25, -0.2) is 23.5 Å². The van der Waals surface area contributed by atoms with Crippen molar-refractivity contribution in [3.63, 3.8) is 0 Å². The maximum absolute atomic E-state index is 11.8. The van der Waals surface area contributed by atoms with Gasteiger partial charge in [0.25, 0.3) is 0 Å². The quantitative estimate of drug-likeness (QED) is 0.426. The maximum atomic E-state index is 11.8. The third-order valence-corrected chi connectivity index (χ3v) is 6.08. The van der Waals surface area contributed by atoms with Crippen molar-refractivity contribution in [2.75, 3.05) is 5.32 Å². The van der Waals surface area contributed by atoms with Gasteiger partial charge in [-0.2, -0.15) is 0 Å². The summed E-state index contributed by atoms with van der Waals surface area (Å²) in [4.78, 5) is 9.03. The number of ether oxygens (including phenoxy) is 1. The summed E-state index contributed by atoms with van der Waals surface area (Å²) in [6.45, 7) is 3.79. The van der Waals surface area contributed by atoms with E-state index in [1.54, 1.807) is 12.4 Å². The lowest BCUT2D eigenvalue weighted by Crippen LogP contribution is -2.13. The van der Waals surface area contributed by atoms with Crippen LogP contribution in [0.3, 0.4) is 0 Å². The molecule has 2 aromatic carbocycles. The van der Waals surface area contributed by atoms with Gasteiger partial charge >= 0.3 is 0 Å². The molecular formula is C20H22ClN5O3S2. The second-order valence-corrected chi connectivity index (χ2v) is 9.51. The number of hydrogen-bond acceptors (Lipinski definition) is 7. The van der Waals surface area contributed by atoms with Crippen molar-refractivity contribution >= 4 is 55.6 Å². The molecule has 0 unspecified atom stereocenters. The zero-order chi connectivity index (χ0) is 21.5. The molecule has 0 fully saturated rings. The average Bonchev–Trinajstić information content (AvgIpc) is 3.28. The molecule has 164 valence electrons. The molecule has 31 heavy (non-hydrogen) atoms. The van der Waals surface area contributed by atoms with Crippen LogP contribution < -0.4 is 15.2 Å². The Balaban J connectivity index is 0.00000272. The fourth-order valence-electron chi connectivity index (χ4n) is 3.01. The number of aryl methyl sites for hydroxylation is 1. The number of nitrogens with zero attached hydrogens (tertiary/aromatic N) is 3. The number of anilines is 2. The van der Waals surface area contributed by atoms with Crippen LogP contribution >= 0.6 is 23.7 Å². The van der Waals surface area contributed by atoms with Crippen molar-refractivity contribution in [1.82, 2.24) is 14.5 Å². The summed E-state index contributed by atoms with van der Waals surface area (Å²) in [5, 5.41) is 11.0. The first-order valence-electron chi connectivity index (χ1n) is 9.18. The summed E-state index contributed by atoms with van der Waals surface area (Å²) < 4.78 is 31.3. The Labute approximate surface area is 190 Å². The molecule has 8 nitrogen and oxygen atoms in total. The maximum Gasteiger partial charge on any atom is 0.238 e. The van der Waals surface area contributed by atoms with Gasteiger partial charge in [0.1, 0.15) is 5.75 Å². The molecule has 11 heteroatoms. The molecule has 0 saturated heterocycles. The molecule has 0 atom stereocenters. The molecule has 0 spiro atoms. The van der Waals surface area contributed by atoms with Gasteiger partial charge in [0.2, 0.25) is 10.0 Å². The molecule has 4 rings (SSSR count). The Hall–Kier alpha value is -2.66. The van der Waals surface area contributed by atoms with Gasteiger partial charge in [-0.05, 0) is 44.2 Å². The number of primary sulfonamides is 1. The van der Waals surface area contributed by atoms with Crippen molar-refractivity contribution in [3.8, 4) is 17.0 Å². The van der Waals surface area contributed by atoms with E-state index in [1.807, 2.05) is 49.0 Å². The average molecular weight is 480 g/mol. The van der Waals surface area contributed by atoms with Crippen LogP contribution in [-0.2, 0) is 17.1 Å². The van der Waals surface area contributed by atoms with Gasteiger partial charge in [-0.1, -0.05) is 6.07 Å². The lowest BCUT2D eigenvalue weighted by atomic mass is 10.1. The number of benzene rings is 2.